The number of unbranched alkanes of at least 4 members (excludes halogenated alkanes) is 1. The van der Waals surface area contributed by atoms with Crippen molar-refractivity contribution in [1.82, 2.24) is 4.90 Å². The fourth-order valence-electron chi connectivity index (χ4n) is 5.19. The average molecular weight is 622 g/mol. The van der Waals surface area contributed by atoms with E-state index in [1.165, 1.54) is 63.1 Å². The number of aliphatic carboxylic acids is 2. The number of aliphatic hydroxyl groups is 1. The minimum atomic E-state index is -1.82. The largest absolute Gasteiger partial charge is 0.497 e. The average Bonchev–Trinajstić information content (AvgIpc) is 3.68. The van der Waals surface area contributed by atoms with Crippen molar-refractivity contribution in [3.8, 4) is 27.7 Å². The molecule has 0 atom stereocenters. The first-order chi connectivity index (χ1) is 21.3. The maximum Gasteiger partial charge on any atom is 0.414 e. The lowest BCUT2D eigenvalue weighted by Gasteiger charge is -2.18. The normalized spacial score (nSPS) is 12.9. The zero-order valence-electron chi connectivity index (χ0n) is 25.1. The zero-order valence-corrected chi connectivity index (χ0v) is 25.9. The van der Waals surface area contributed by atoms with E-state index in [9.17, 15) is 0 Å². The van der Waals surface area contributed by atoms with Crippen molar-refractivity contribution in [2.45, 2.75) is 38.6 Å². The highest BCUT2D eigenvalue weighted by Crippen LogP contribution is 2.42. The molecule has 0 amide bonds. The van der Waals surface area contributed by atoms with E-state index in [2.05, 4.69) is 47.4 Å². The van der Waals surface area contributed by atoms with Crippen LogP contribution in [0.1, 0.15) is 42.4 Å². The SMILES string of the molecule is COc1ccc2sc(-c3ccc(OCCCCO)cc3)c(Cc3ccc(CN4CCCC4)c(OC)c3)c2c1.O=C(O)C(=O)O. The molecule has 10 heteroatoms. The number of benzene rings is 3. The summed E-state index contributed by atoms with van der Waals surface area (Å²) >= 11 is 1.82. The molecular formula is C34H39NO8S. The third-order valence-electron chi connectivity index (χ3n) is 7.44. The number of hydrogen-bond acceptors (Lipinski definition) is 8. The van der Waals surface area contributed by atoms with Crippen molar-refractivity contribution >= 4 is 33.4 Å². The van der Waals surface area contributed by atoms with Gasteiger partial charge in [0.15, 0.2) is 0 Å². The van der Waals surface area contributed by atoms with Gasteiger partial charge in [-0.2, -0.15) is 0 Å². The lowest BCUT2D eigenvalue weighted by molar-refractivity contribution is -0.159. The third kappa shape index (κ3) is 8.72. The number of likely N-dealkylation sites (tertiary alicyclic amines) is 1. The summed E-state index contributed by atoms with van der Waals surface area (Å²) < 4.78 is 18.5. The number of methoxy groups -OCH3 is 2. The Hall–Kier alpha value is -4.12. The minimum Gasteiger partial charge on any atom is -0.497 e. The molecule has 1 aromatic heterocycles. The molecule has 9 nitrogen and oxygen atoms in total. The van der Waals surface area contributed by atoms with Gasteiger partial charge in [0.1, 0.15) is 17.2 Å². The van der Waals surface area contributed by atoms with Crippen LogP contribution in [-0.4, -0.2) is 72.7 Å². The molecule has 1 aliphatic heterocycles. The number of carboxylic acid groups (broad SMARTS) is 2. The summed E-state index contributed by atoms with van der Waals surface area (Å²) in [5.41, 5.74) is 4.97. The Morgan fingerprint density at radius 2 is 1.57 bits per heavy atom. The highest BCUT2D eigenvalue weighted by molar-refractivity contribution is 7.22. The van der Waals surface area contributed by atoms with Gasteiger partial charge in [0.25, 0.3) is 0 Å². The molecule has 0 bridgehead atoms. The molecule has 1 saturated heterocycles. The van der Waals surface area contributed by atoms with Gasteiger partial charge in [-0.05, 0) is 110 Å². The van der Waals surface area contributed by atoms with E-state index >= 15 is 0 Å². The van der Waals surface area contributed by atoms with Crippen molar-refractivity contribution in [3.05, 3.63) is 77.4 Å². The van der Waals surface area contributed by atoms with Gasteiger partial charge in [-0.25, -0.2) is 9.59 Å². The lowest BCUT2D eigenvalue weighted by atomic mass is 9.97. The monoisotopic (exact) mass is 621 g/mol. The molecule has 0 unspecified atom stereocenters. The van der Waals surface area contributed by atoms with Crippen LogP contribution in [0.5, 0.6) is 17.2 Å². The number of rotatable bonds is 12. The van der Waals surface area contributed by atoms with E-state index in [4.69, 9.17) is 39.1 Å². The highest BCUT2D eigenvalue weighted by atomic mass is 32.1. The van der Waals surface area contributed by atoms with Crippen LogP contribution in [0.4, 0.5) is 0 Å². The van der Waals surface area contributed by atoms with Crippen LogP contribution in [0.15, 0.2) is 60.7 Å². The summed E-state index contributed by atoms with van der Waals surface area (Å²) in [4.78, 5) is 22.0. The summed E-state index contributed by atoms with van der Waals surface area (Å²) in [6, 6.07) is 21.4. The molecule has 5 rings (SSSR count). The Balaban J connectivity index is 0.000000670. The predicted octanol–water partition coefficient (Wildman–Crippen LogP) is 6.08. The van der Waals surface area contributed by atoms with Crippen LogP contribution in [0.2, 0.25) is 0 Å². The van der Waals surface area contributed by atoms with Crippen LogP contribution in [0, 0.1) is 0 Å². The fraction of sp³-hybridized carbons (Fsp3) is 0.353. The van der Waals surface area contributed by atoms with Gasteiger partial charge in [-0.1, -0.05) is 12.1 Å². The fourth-order valence-corrected chi connectivity index (χ4v) is 6.39. The van der Waals surface area contributed by atoms with Crippen LogP contribution >= 0.6 is 11.3 Å². The number of hydrogen-bond donors (Lipinski definition) is 3. The van der Waals surface area contributed by atoms with Gasteiger partial charge in [0, 0.05) is 33.7 Å². The number of nitrogens with zero attached hydrogens (tertiary/aromatic N) is 1. The number of aliphatic hydroxyl groups excluding tert-OH is 1. The van der Waals surface area contributed by atoms with Crippen molar-refractivity contribution in [2.75, 3.05) is 40.5 Å². The first kappa shape index (κ1) is 32.8. The first-order valence-corrected chi connectivity index (χ1v) is 15.4. The molecule has 234 valence electrons. The van der Waals surface area contributed by atoms with Gasteiger partial charge >= 0.3 is 11.9 Å². The second-order valence-corrected chi connectivity index (χ2v) is 11.5. The van der Waals surface area contributed by atoms with E-state index in [-0.39, 0.29) is 6.61 Å². The van der Waals surface area contributed by atoms with Crippen molar-refractivity contribution in [2.24, 2.45) is 0 Å². The molecule has 4 aromatic rings. The van der Waals surface area contributed by atoms with E-state index in [1.54, 1.807) is 14.2 Å². The van der Waals surface area contributed by atoms with Gasteiger partial charge in [0.2, 0.25) is 0 Å². The van der Waals surface area contributed by atoms with Crippen molar-refractivity contribution in [1.29, 1.82) is 0 Å². The summed E-state index contributed by atoms with van der Waals surface area (Å²) in [6.07, 6.45) is 4.99. The van der Waals surface area contributed by atoms with Gasteiger partial charge < -0.3 is 29.5 Å². The van der Waals surface area contributed by atoms with Crippen LogP contribution < -0.4 is 14.2 Å². The summed E-state index contributed by atoms with van der Waals surface area (Å²) in [5.74, 6) is -0.955. The molecule has 3 N–H and O–H groups in total. The van der Waals surface area contributed by atoms with E-state index in [1.807, 2.05) is 29.5 Å². The van der Waals surface area contributed by atoms with Gasteiger partial charge in [-0.15, -0.1) is 11.3 Å². The molecule has 0 aliphatic carbocycles. The number of fused-ring (bicyclic) bond motifs is 1. The second kappa shape index (κ2) is 16.1. The quantitative estimate of drug-likeness (QED) is 0.127. The van der Waals surface area contributed by atoms with Crippen molar-refractivity contribution < 1.29 is 39.1 Å². The molecule has 2 heterocycles. The Labute approximate surface area is 261 Å². The number of ether oxygens (including phenoxy) is 3. The Bertz CT molecular complexity index is 1530. The van der Waals surface area contributed by atoms with E-state index in [0.29, 0.717) is 6.61 Å². The lowest BCUT2D eigenvalue weighted by Crippen LogP contribution is -2.18. The smallest absolute Gasteiger partial charge is 0.414 e. The van der Waals surface area contributed by atoms with Gasteiger partial charge in [-0.3, -0.25) is 4.90 Å². The minimum absolute atomic E-state index is 0.203. The molecule has 0 spiro atoms. The second-order valence-electron chi connectivity index (χ2n) is 10.5. The number of carbonyl (C=O) groups is 2. The van der Waals surface area contributed by atoms with E-state index < -0.39 is 11.9 Å². The number of carboxylic acids is 2. The van der Waals surface area contributed by atoms with E-state index in [0.717, 1.165) is 43.1 Å². The summed E-state index contributed by atoms with van der Waals surface area (Å²) in [6.45, 7) is 4.10. The Morgan fingerprint density at radius 3 is 2.20 bits per heavy atom. The molecule has 0 saturated carbocycles. The van der Waals surface area contributed by atoms with Crippen LogP contribution in [0.3, 0.4) is 0 Å². The van der Waals surface area contributed by atoms with Gasteiger partial charge in [0.05, 0.1) is 20.8 Å². The molecular weight excluding hydrogens is 582 g/mol. The maximum atomic E-state index is 9.10. The molecule has 0 radical (unpaired) electrons. The van der Waals surface area contributed by atoms with Crippen molar-refractivity contribution in [3.63, 3.8) is 0 Å². The highest BCUT2D eigenvalue weighted by Gasteiger charge is 2.18. The van der Waals surface area contributed by atoms with Crippen LogP contribution in [-0.2, 0) is 22.6 Å². The zero-order chi connectivity index (χ0) is 31.5. The topological polar surface area (TPSA) is 126 Å². The number of thiophene rings is 1. The maximum absolute atomic E-state index is 9.10. The first-order valence-electron chi connectivity index (χ1n) is 14.6. The molecule has 3 aromatic carbocycles. The molecule has 44 heavy (non-hydrogen) atoms. The summed E-state index contributed by atoms with van der Waals surface area (Å²) in [7, 11) is 3.49. The van der Waals surface area contributed by atoms with Crippen LogP contribution in [0.25, 0.3) is 20.5 Å². The Morgan fingerprint density at radius 1 is 0.864 bits per heavy atom. The molecule has 1 aliphatic rings. The Kier molecular flexibility index (Phi) is 12.0. The summed E-state index contributed by atoms with van der Waals surface area (Å²) in [5, 5.41) is 25.0. The molecule has 1 fully saturated rings. The third-order valence-corrected chi connectivity index (χ3v) is 8.71. The predicted molar refractivity (Wildman–Crippen MR) is 171 cm³/mol. The standard InChI is InChI=1S/C32H37NO4S.C2H2O4/c1-35-27-13-14-31-28(21-27)29(32(38-31)24-9-11-26(12-10-24)37-18-6-5-17-34)19-23-7-8-25(30(20-23)36-2)22-33-15-3-4-16-33;3-1(4)2(5)6/h7-14,20-21,34H,3-6,15-19,22H2,1-2H3;(H,3,4)(H,5,6).